The lowest BCUT2D eigenvalue weighted by atomic mass is 10.2. The molecule has 0 aliphatic rings. The molecule has 0 heterocycles. The number of halogens is 1. The van der Waals surface area contributed by atoms with Crippen molar-refractivity contribution >= 4 is 21.9 Å². The summed E-state index contributed by atoms with van der Waals surface area (Å²) in [4.78, 5) is 21.3. The summed E-state index contributed by atoms with van der Waals surface area (Å²) >= 11 is 0. The van der Waals surface area contributed by atoms with Gasteiger partial charge in [0.2, 0.25) is 15.9 Å². The lowest BCUT2D eigenvalue weighted by Gasteiger charge is -2.07. The van der Waals surface area contributed by atoms with Gasteiger partial charge in [-0.2, -0.15) is 0 Å². The van der Waals surface area contributed by atoms with E-state index in [1.54, 1.807) is 0 Å². The molecule has 0 bridgehead atoms. The van der Waals surface area contributed by atoms with Crippen molar-refractivity contribution in [2.45, 2.75) is 5.75 Å². The largest absolute Gasteiger partial charge is 0.480 e. The number of aliphatic carboxylic acids is 1. The van der Waals surface area contributed by atoms with E-state index in [0.29, 0.717) is 5.56 Å². The molecule has 110 valence electrons. The molecule has 0 aliphatic carbocycles. The van der Waals surface area contributed by atoms with Crippen LogP contribution in [0.2, 0.25) is 0 Å². The second-order valence-corrected chi connectivity index (χ2v) is 5.68. The summed E-state index contributed by atoms with van der Waals surface area (Å²) in [5.41, 5.74) is 0.366. The van der Waals surface area contributed by atoms with Gasteiger partial charge in [-0.15, -0.1) is 0 Å². The van der Waals surface area contributed by atoms with Gasteiger partial charge in [-0.05, 0) is 17.7 Å². The van der Waals surface area contributed by atoms with Gasteiger partial charge in [-0.25, -0.2) is 17.5 Å². The number of carbonyl (C=O) groups excluding carboxylic acids is 1. The first kappa shape index (κ1) is 16.1. The average Bonchev–Trinajstić information content (AvgIpc) is 2.36. The Morgan fingerprint density at radius 1 is 1.15 bits per heavy atom. The number of rotatable bonds is 7. The van der Waals surface area contributed by atoms with Crippen molar-refractivity contribution in [1.82, 2.24) is 10.0 Å². The van der Waals surface area contributed by atoms with Gasteiger partial charge >= 0.3 is 5.97 Å². The molecule has 9 heteroatoms. The van der Waals surface area contributed by atoms with Crippen molar-refractivity contribution in [2.24, 2.45) is 0 Å². The number of carbonyl (C=O) groups is 2. The van der Waals surface area contributed by atoms with Gasteiger partial charge in [0.1, 0.15) is 12.4 Å². The number of benzene rings is 1. The zero-order valence-electron chi connectivity index (χ0n) is 10.3. The first-order valence-corrected chi connectivity index (χ1v) is 7.14. The zero-order valence-corrected chi connectivity index (χ0v) is 11.1. The Labute approximate surface area is 114 Å². The SMILES string of the molecule is O=C(O)CNC(=O)CNS(=O)(=O)Cc1ccc(F)cc1. The van der Waals surface area contributed by atoms with Crippen LogP contribution in [0.3, 0.4) is 0 Å². The quantitative estimate of drug-likeness (QED) is 0.625. The van der Waals surface area contributed by atoms with Crippen LogP contribution < -0.4 is 10.0 Å². The van der Waals surface area contributed by atoms with E-state index in [4.69, 9.17) is 5.11 Å². The number of nitrogens with one attached hydrogen (secondary N) is 2. The summed E-state index contributed by atoms with van der Waals surface area (Å²) in [5.74, 6) is -2.87. The van der Waals surface area contributed by atoms with Crippen molar-refractivity contribution < 1.29 is 27.5 Å². The summed E-state index contributed by atoms with van der Waals surface area (Å²) < 4.78 is 37.9. The lowest BCUT2D eigenvalue weighted by Crippen LogP contribution is -2.39. The summed E-state index contributed by atoms with van der Waals surface area (Å²) in [7, 11) is -3.76. The molecular weight excluding hydrogens is 291 g/mol. The van der Waals surface area contributed by atoms with E-state index in [2.05, 4.69) is 0 Å². The molecule has 0 spiro atoms. The Hall–Kier alpha value is -2.00. The van der Waals surface area contributed by atoms with Crippen LogP contribution in [-0.2, 0) is 25.4 Å². The van der Waals surface area contributed by atoms with Gasteiger partial charge in [0, 0.05) is 0 Å². The standard InChI is InChI=1S/C11H13FN2O5S/c12-9-3-1-8(2-4-9)7-20(18,19)14-5-10(15)13-6-11(16)17/h1-4,14H,5-7H2,(H,13,15)(H,16,17). The fraction of sp³-hybridized carbons (Fsp3) is 0.273. The summed E-state index contributed by atoms with van der Waals surface area (Å²) in [6.07, 6.45) is 0. The molecule has 0 saturated heterocycles. The lowest BCUT2D eigenvalue weighted by molar-refractivity contribution is -0.137. The normalized spacial score (nSPS) is 11.1. The molecule has 1 aromatic carbocycles. The van der Waals surface area contributed by atoms with Gasteiger partial charge in [-0.3, -0.25) is 9.59 Å². The third kappa shape index (κ3) is 6.25. The monoisotopic (exact) mass is 304 g/mol. The van der Waals surface area contributed by atoms with Gasteiger partial charge in [-0.1, -0.05) is 12.1 Å². The Bertz CT molecular complexity index is 585. The highest BCUT2D eigenvalue weighted by Gasteiger charge is 2.13. The minimum absolute atomic E-state index is 0.366. The molecule has 1 amide bonds. The maximum absolute atomic E-state index is 12.7. The second-order valence-electron chi connectivity index (χ2n) is 3.88. The van der Waals surface area contributed by atoms with Crippen LogP contribution in [-0.4, -0.2) is 38.5 Å². The Morgan fingerprint density at radius 3 is 2.30 bits per heavy atom. The molecule has 0 atom stereocenters. The highest BCUT2D eigenvalue weighted by molar-refractivity contribution is 7.88. The smallest absolute Gasteiger partial charge is 0.322 e. The van der Waals surface area contributed by atoms with Gasteiger partial charge in [0.25, 0.3) is 0 Å². The number of hydrogen-bond donors (Lipinski definition) is 3. The minimum Gasteiger partial charge on any atom is -0.480 e. The first-order valence-electron chi connectivity index (χ1n) is 5.49. The van der Waals surface area contributed by atoms with Crippen molar-refractivity contribution in [2.75, 3.05) is 13.1 Å². The molecule has 3 N–H and O–H groups in total. The van der Waals surface area contributed by atoms with Crippen LogP contribution in [0.4, 0.5) is 4.39 Å². The highest BCUT2D eigenvalue weighted by Crippen LogP contribution is 2.06. The Kier molecular flexibility index (Phi) is 5.59. The van der Waals surface area contributed by atoms with E-state index in [9.17, 15) is 22.4 Å². The first-order chi connectivity index (χ1) is 9.28. The van der Waals surface area contributed by atoms with E-state index < -0.39 is 46.6 Å². The fourth-order valence-electron chi connectivity index (χ4n) is 1.26. The van der Waals surface area contributed by atoms with E-state index >= 15 is 0 Å². The Morgan fingerprint density at radius 2 is 1.75 bits per heavy atom. The summed E-state index contributed by atoms with van der Waals surface area (Å²) in [6, 6.07) is 4.90. The second kappa shape index (κ2) is 6.96. The molecule has 0 radical (unpaired) electrons. The predicted molar refractivity (Wildman–Crippen MR) is 67.7 cm³/mol. The third-order valence-corrected chi connectivity index (χ3v) is 3.46. The molecule has 0 aromatic heterocycles. The molecule has 0 aliphatic heterocycles. The van der Waals surface area contributed by atoms with E-state index in [1.807, 2.05) is 10.0 Å². The number of carboxylic acids is 1. The number of amides is 1. The molecule has 0 fully saturated rings. The number of carboxylic acid groups (broad SMARTS) is 1. The fourth-order valence-corrected chi connectivity index (χ4v) is 2.35. The maximum atomic E-state index is 12.7. The summed E-state index contributed by atoms with van der Waals surface area (Å²) in [6.45, 7) is -1.14. The molecule has 0 saturated carbocycles. The molecular formula is C11H13FN2O5S. The van der Waals surface area contributed by atoms with Gasteiger partial charge in [0.15, 0.2) is 0 Å². The zero-order chi connectivity index (χ0) is 15.2. The minimum atomic E-state index is -3.76. The van der Waals surface area contributed by atoms with Crippen molar-refractivity contribution in [3.8, 4) is 0 Å². The molecule has 1 rings (SSSR count). The summed E-state index contributed by atoms with van der Waals surface area (Å²) in [5, 5.41) is 10.3. The molecule has 0 unspecified atom stereocenters. The third-order valence-electron chi connectivity index (χ3n) is 2.16. The molecule has 7 nitrogen and oxygen atoms in total. The maximum Gasteiger partial charge on any atom is 0.322 e. The van der Waals surface area contributed by atoms with Crippen LogP contribution in [0.25, 0.3) is 0 Å². The predicted octanol–water partition coefficient (Wildman–Crippen LogP) is -0.554. The highest BCUT2D eigenvalue weighted by atomic mass is 32.2. The van der Waals surface area contributed by atoms with E-state index in [0.717, 1.165) is 12.1 Å². The molecule has 1 aromatic rings. The van der Waals surface area contributed by atoms with Crippen molar-refractivity contribution in [3.63, 3.8) is 0 Å². The van der Waals surface area contributed by atoms with Gasteiger partial charge < -0.3 is 10.4 Å². The Balaban J connectivity index is 2.47. The van der Waals surface area contributed by atoms with E-state index in [-0.39, 0.29) is 0 Å². The van der Waals surface area contributed by atoms with E-state index in [1.165, 1.54) is 12.1 Å². The van der Waals surface area contributed by atoms with Crippen LogP contribution in [0.5, 0.6) is 0 Å². The topological polar surface area (TPSA) is 113 Å². The van der Waals surface area contributed by atoms with Crippen LogP contribution in [0.15, 0.2) is 24.3 Å². The van der Waals surface area contributed by atoms with Crippen molar-refractivity contribution in [3.05, 3.63) is 35.6 Å². The van der Waals surface area contributed by atoms with Crippen molar-refractivity contribution in [1.29, 1.82) is 0 Å². The average molecular weight is 304 g/mol. The number of sulfonamides is 1. The van der Waals surface area contributed by atoms with Gasteiger partial charge in [0.05, 0.1) is 12.3 Å². The van der Waals surface area contributed by atoms with Crippen LogP contribution in [0.1, 0.15) is 5.56 Å². The van der Waals surface area contributed by atoms with Crippen LogP contribution in [0, 0.1) is 5.82 Å². The number of hydrogen-bond acceptors (Lipinski definition) is 4. The molecule has 20 heavy (non-hydrogen) atoms. The van der Waals surface area contributed by atoms with Crippen LogP contribution >= 0.6 is 0 Å².